The molecule has 4 aromatic rings. The molecule has 0 spiro atoms. The zero-order valence-corrected chi connectivity index (χ0v) is 15.8. The van der Waals surface area contributed by atoms with Gasteiger partial charge in [-0.05, 0) is 69.7 Å². The van der Waals surface area contributed by atoms with E-state index in [1.165, 1.54) is 0 Å². The first-order valence-electron chi connectivity index (χ1n) is 8.82. The summed E-state index contributed by atoms with van der Waals surface area (Å²) in [5.74, 6) is 0.564. The van der Waals surface area contributed by atoms with Crippen LogP contribution in [0.2, 0.25) is 0 Å². The molecular weight excluding hydrogens is 338 g/mol. The molecule has 0 aliphatic carbocycles. The Bertz CT molecular complexity index is 1150. The molecule has 1 aromatic carbocycles. The maximum atomic E-state index is 12.6. The van der Waals surface area contributed by atoms with Gasteiger partial charge in [0, 0.05) is 27.9 Å². The van der Waals surface area contributed by atoms with Crippen molar-refractivity contribution in [3.8, 4) is 5.82 Å². The smallest absolute Gasteiger partial charge is 0.255 e. The molecule has 0 saturated carbocycles. The summed E-state index contributed by atoms with van der Waals surface area (Å²) in [7, 11) is 0. The number of carbonyl (C=O) groups excluding carboxylic acids is 1. The number of aromatic nitrogens is 4. The molecule has 3 heterocycles. The van der Waals surface area contributed by atoms with Gasteiger partial charge in [-0.15, -0.1) is 0 Å². The number of H-pyrrole nitrogens is 1. The molecule has 0 fully saturated rings. The number of aromatic amines is 1. The summed E-state index contributed by atoms with van der Waals surface area (Å²) in [6, 6.07) is 11.4. The number of rotatable bonds is 3. The fourth-order valence-electron chi connectivity index (χ4n) is 3.25. The van der Waals surface area contributed by atoms with Crippen LogP contribution in [0.3, 0.4) is 0 Å². The summed E-state index contributed by atoms with van der Waals surface area (Å²) in [5.41, 5.74) is 6.54. The van der Waals surface area contributed by atoms with Crippen molar-refractivity contribution in [3.05, 3.63) is 70.8 Å². The van der Waals surface area contributed by atoms with E-state index in [0.717, 1.165) is 39.4 Å². The standard InChI is InChI=1S/C21H21N5O/c1-12-9-13(2)26(25-12)20-8-6-17(11-22-20)24-21(27)16-5-7-19-18(10-16)14(3)15(4)23-19/h5-11,23H,1-4H3,(H,24,27). The van der Waals surface area contributed by atoms with Crippen LogP contribution < -0.4 is 5.32 Å². The van der Waals surface area contributed by atoms with Crippen LogP contribution in [0.15, 0.2) is 42.6 Å². The first-order chi connectivity index (χ1) is 12.9. The van der Waals surface area contributed by atoms with E-state index in [2.05, 4.69) is 27.3 Å². The first-order valence-corrected chi connectivity index (χ1v) is 8.82. The molecule has 0 aliphatic heterocycles. The van der Waals surface area contributed by atoms with Crippen molar-refractivity contribution in [2.75, 3.05) is 5.32 Å². The van der Waals surface area contributed by atoms with Crippen LogP contribution in [0.5, 0.6) is 0 Å². The van der Waals surface area contributed by atoms with Crippen molar-refractivity contribution >= 4 is 22.5 Å². The second-order valence-corrected chi connectivity index (χ2v) is 6.83. The van der Waals surface area contributed by atoms with Gasteiger partial charge in [0.15, 0.2) is 5.82 Å². The number of fused-ring (bicyclic) bond motifs is 1. The van der Waals surface area contributed by atoms with Crippen LogP contribution in [-0.2, 0) is 0 Å². The maximum absolute atomic E-state index is 12.6. The average molecular weight is 359 g/mol. The van der Waals surface area contributed by atoms with Crippen molar-refractivity contribution in [1.82, 2.24) is 19.7 Å². The third kappa shape index (κ3) is 3.10. The van der Waals surface area contributed by atoms with E-state index in [-0.39, 0.29) is 5.91 Å². The summed E-state index contributed by atoms with van der Waals surface area (Å²) < 4.78 is 1.78. The highest BCUT2D eigenvalue weighted by atomic mass is 16.1. The molecule has 0 radical (unpaired) electrons. The maximum Gasteiger partial charge on any atom is 0.255 e. The summed E-state index contributed by atoms with van der Waals surface area (Å²) >= 11 is 0. The first kappa shape index (κ1) is 17.0. The van der Waals surface area contributed by atoms with Crippen LogP contribution in [0, 0.1) is 27.7 Å². The Labute approximate surface area is 157 Å². The third-order valence-electron chi connectivity index (χ3n) is 4.80. The minimum Gasteiger partial charge on any atom is -0.358 e. The molecule has 0 bridgehead atoms. The largest absolute Gasteiger partial charge is 0.358 e. The molecule has 1 amide bonds. The van der Waals surface area contributed by atoms with E-state index in [9.17, 15) is 4.79 Å². The molecule has 27 heavy (non-hydrogen) atoms. The Morgan fingerprint density at radius 3 is 2.56 bits per heavy atom. The summed E-state index contributed by atoms with van der Waals surface area (Å²) in [6.45, 7) is 8.02. The number of pyridine rings is 1. The van der Waals surface area contributed by atoms with Gasteiger partial charge in [0.2, 0.25) is 0 Å². The van der Waals surface area contributed by atoms with Crippen LogP contribution in [0.4, 0.5) is 5.69 Å². The molecule has 0 saturated heterocycles. The second-order valence-electron chi connectivity index (χ2n) is 6.83. The molecule has 0 atom stereocenters. The van der Waals surface area contributed by atoms with Crippen molar-refractivity contribution < 1.29 is 4.79 Å². The molecule has 4 rings (SSSR count). The second kappa shape index (κ2) is 6.39. The van der Waals surface area contributed by atoms with Gasteiger partial charge in [-0.25, -0.2) is 9.67 Å². The lowest BCUT2D eigenvalue weighted by molar-refractivity contribution is 0.102. The van der Waals surface area contributed by atoms with Gasteiger partial charge in [0.1, 0.15) is 0 Å². The number of amides is 1. The van der Waals surface area contributed by atoms with E-state index in [4.69, 9.17) is 0 Å². The van der Waals surface area contributed by atoms with Gasteiger partial charge in [0.25, 0.3) is 5.91 Å². The molecule has 0 aliphatic rings. The lowest BCUT2D eigenvalue weighted by Crippen LogP contribution is -2.12. The monoisotopic (exact) mass is 359 g/mol. The number of benzene rings is 1. The minimum absolute atomic E-state index is 0.157. The van der Waals surface area contributed by atoms with Crippen LogP contribution in [0.25, 0.3) is 16.7 Å². The van der Waals surface area contributed by atoms with Gasteiger partial charge >= 0.3 is 0 Å². The Balaban J connectivity index is 1.56. The summed E-state index contributed by atoms with van der Waals surface area (Å²) in [5, 5.41) is 8.40. The highest BCUT2D eigenvalue weighted by molar-refractivity contribution is 6.06. The van der Waals surface area contributed by atoms with Crippen molar-refractivity contribution in [2.24, 2.45) is 0 Å². The van der Waals surface area contributed by atoms with E-state index < -0.39 is 0 Å². The van der Waals surface area contributed by atoms with E-state index >= 15 is 0 Å². The Morgan fingerprint density at radius 1 is 1.07 bits per heavy atom. The van der Waals surface area contributed by atoms with E-state index in [1.807, 2.05) is 57.2 Å². The molecule has 136 valence electrons. The highest BCUT2D eigenvalue weighted by Crippen LogP contribution is 2.23. The fourth-order valence-corrected chi connectivity index (χ4v) is 3.25. The predicted octanol–water partition coefficient (Wildman–Crippen LogP) is 4.23. The number of nitrogens with one attached hydrogen (secondary N) is 2. The highest BCUT2D eigenvalue weighted by Gasteiger charge is 2.11. The number of hydrogen-bond donors (Lipinski definition) is 2. The molecule has 6 nitrogen and oxygen atoms in total. The number of hydrogen-bond acceptors (Lipinski definition) is 3. The summed E-state index contributed by atoms with van der Waals surface area (Å²) in [6.07, 6.45) is 1.65. The van der Waals surface area contributed by atoms with Gasteiger partial charge < -0.3 is 10.3 Å². The van der Waals surface area contributed by atoms with Gasteiger partial charge in [0.05, 0.1) is 17.6 Å². The summed E-state index contributed by atoms with van der Waals surface area (Å²) in [4.78, 5) is 20.4. The molecule has 6 heteroatoms. The van der Waals surface area contributed by atoms with Crippen molar-refractivity contribution in [2.45, 2.75) is 27.7 Å². The zero-order valence-electron chi connectivity index (χ0n) is 15.8. The fraction of sp³-hybridized carbons (Fsp3) is 0.190. The Morgan fingerprint density at radius 2 is 1.89 bits per heavy atom. The Hall–Kier alpha value is -3.41. The van der Waals surface area contributed by atoms with Gasteiger partial charge in [-0.3, -0.25) is 4.79 Å². The van der Waals surface area contributed by atoms with Crippen molar-refractivity contribution in [3.63, 3.8) is 0 Å². The number of anilines is 1. The van der Waals surface area contributed by atoms with Gasteiger partial charge in [-0.1, -0.05) is 0 Å². The SMILES string of the molecule is Cc1cc(C)n(-c2ccc(NC(=O)c3ccc4[nH]c(C)c(C)c4c3)cn2)n1. The minimum atomic E-state index is -0.157. The molecular formula is C21H21N5O. The van der Waals surface area contributed by atoms with Crippen molar-refractivity contribution in [1.29, 1.82) is 0 Å². The lowest BCUT2D eigenvalue weighted by atomic mass is 10.1. The van der Waals surface area contributed by atoms with Crippen LogP contribution in [-0.4, -0.2) is 25.7 Å². The Kier molecular flexibility index (Phi) is 4.03. The van der Waals surface area contributed by atoms with Gasteiger partial charge in [-0.2, -0.15) is 5.10 Å². The number of carbonyl (C=O) groups is 1. The average Bonchev–Trinajstić information content (AvgIpc) is 3.13. The van der Waals surface area contributed by atoms with Crippen LogP contribution >= 0.6 is 0 Å². The number of aryl methyl sites for hydroxylation is 4. The zero-order chi connectivity index (χ0) is 19.1. The number of nitrogens with zero attached hydrogens (tertiary/aromatic N) is 3. The third-order valence-corrected chi connectivity index (χ3v) is 4.80. The quantitative estimate of drug-likeness (QED) is 0.575. The van der Waals surface area contributed by atoms with E-state index in [0.29, 0.717) is 11.3 Å². The van der Waals surface area contributed by atoms with E-state index in [1.54, 1.807) is 10.9 Å². The topological polar surface area (TPSA) is 75.6 Å². The molecule has 0 unspecified atom stereocenters. The molecule has 2 N–H and O–H groups in total. The van der Waals surface area contributed by atoms with Crippen LogP contribution in [0.1, 0.15) is 33.0 Å². The normalized spacial score (nSPS) is 11.1. The predicted molar refractivity (Wildman–Crippen MR) is 107 cm³/mol. The molecule has 3 aromatic heterocycles. The lowest BCUT2D eigenvalue weighted by Gasteiger charge is -2.07.